The highest BCUT2D eigenvalue weighted by Gasteiger charge is 2.64. The fraction of sp³-hybridized carbons (Fsp3) is 0.700. The minimum absolute atomic E-state index is 0.0349. The van der Waals surface area contributed by atoms with E-state index in [1.807, 2.05) is 0 Å². The van der Waals surface area contributed by atoms with Crippen LogP contribution in [0.2, 0.25) is 0 Å². The van der Waals surface area contributed by atoms with Crippen LogP contribution in [-0.4, -0.2) is 40.4 Å². The van der Waals surface area contributed by atoms with Crippen molar-refractivity contribution in [1.82, 2.24) is 0 Å². The molecule has 6 heteroatoms. The Labute approximate surface area is 95.8 Å². The summed E-state index contributed by atoms with van der Waals surface area (Å²) in [6.07, 6.45) is -0.0841. The maximum atomic E-state index is 11.4. The normalized spacial score (nSPS) is 43.3. The molecule has 0 aliphatic carbocycles. The van der Waals surface area contributed by atoms with E-state index in [1.165, 1.54) is 6.92 Å². The number of esters is 2. The molecule has 3 aliphatic rings. The summed E-state index contributed by atoms with van der Waals surface area (Å²) in [7, 11) is 0. The molecule has 0 aromatic rings. The van der Waals surface area contributed by atoms with Gasteiger partial charge in [-0.05, 0) is 6.42 Å². The van der Waals surface area contributed by atoms with Gasteiger partial charge in [-0.2, -0.15) is 0 Å². The quantitative estimate of drug-likeness (QED) is 0.498. The third kappa shape index (κ3) is 1.22. The molecule has 0 aromatic heterocycles. The van der Waals surface area contributed by atoms with E-state index in [9.17, 15) is 14.4 Å². The number of carbonyl (C=O) groups is 3. The van der Waals surface area contributed by atoms with Crippen LogP contribution in [0.4, 0.5) is 0 Å². The molecule has 0 amide bonds. The Kier molecular flexibility index (Phi) is 2.04. The molecule has 3 saturated heterocycles. The Morgan fingerprint density at radius 1 is 1.50 bits per heavy atom. The topological polar surface area (TPSA) is 69.7 Å². The van der Waals surface area contributed by atoms with E-state index in [1.54, 1.807) is 11.8 Å². The summed E-state index contributed by atoms with van der Waals surface area (Å²) < 4.78 is 10.3. The number of carbonyl (C=O) groups excluding carboxylic acids is 3. The first kappa shape index (κ1) is 10.1. The molecular weight excluding hydrogens is 232 g/mol. The molecule has 16 heavy (non-hydrogen) atoms. The van der Waals surface area contributed by atoms with Crippen molar-refractivity contribution in [2.24, 2.45) is 5.92 Å². The zero-order valence-corrected chi connectivity index (χ0v) is 9.36. The molecule has 5 unspecified atom stereocenters. The largest absolute Gasteiger partial charge is 0.457 e. The zero-order valence-electron chi connectivity index (χ0n) is 8.54. The molecule has 0 saturated carbocycles. The van der Waals surface area contributed by atoms with Crippen molar-refractivity contribution in [3.8, 4) is 0 Å². The molecule has 0 aromatic carbocycles. The average Bonchev–Trinajstić information content (AvgIpc) is 2.81. The van der Waals surface area contributed by atoms with Gasteiger partial charge in [-0.3, -0.25) is 9.59 Å². The van der Waals surface area contributed by atoms with Crippen molar-refractivity contribution in [1.29, 1.82) is 0 Å². The first-order valence-corrected chi connectivity index (χ1v) is 6.09. The fourth-order valence-electron chi connectivity index (χ4n) is 2.59. The predicted molar refractivity (Wildman–Crippen MR) is 53.7 cm³/mol. The SMILES string of the molecule is CC(=O)C(=O)OC1C2CC3C(=O)OC1C3S2. The van der Waals surface area contributed by atoms with E-state index in [0.717, 1.165) is 0 Å². The number of hydrogen-bond donors (Lipinski definition) is 0. The standard InChI is InChI=1S/C10H10O5S/c1-3(11)9(12)14-6-5-2-4-8(16-5)7(6)15-10(4)13/h4-8H,2H2,1H3. The van der Waals surface area contributed by atoms with Crippen molar-refractivity contribution < 1.29 is 23.9 Å². The van der Waals surface area contributed by atoms with Crippen molar-refractivity contribution in [3.05, 3.63) is 0 Å². The lowest BCUT2D eigenvalue weighted by atomic mass is 9.88. The molecule has 86 valence electrons. The van der Waals surface area contributed by atoms with Crippen molar-refractivity contribution in [2.45, 2.75) is 36.1 Å². The monoisotopic (exact) mass is 242 g/mol. The number of thioether (sulfide) groups is 1. The molecule has 3 heterocycles. The highest BCUT2D eigenvalue weighted by Crippen LogP contribution is 2.55. The molecule has 3 rings (SSSR count). The van der Waals surface area contributed by atoms with Crippen LogP contribution >= 0.6 is 11.8 Å². The molecule has 3 fully saturated rings. The number of ether oxygens (including phenoxy) is 2. The fourth-order valence-corrected chi connectivity index (χ4v) is 4.45. The lowest BCUT2D eigenvalue weighted by Crippen LogP contribution is -2.41. The van der Waals surface area contributed by atoms with Crippen LogP contribution in [0.15, 0.2) is 0 Å². The summed E-state index contributed by atoms with van der Waals surface area (Å²) in [5.41, 5.74) is 0. The van der Waals surface area contributed by atoms with E-state index < -0.39 is 17.9 Å². The number of hydrogen-bond acceptors (Lipinski definition) is 6. The molecule has 2 bridgehead atoms. The molecule has 5 nitrogen and oxygen atoms in total. The van der Waals surface area contributed by atoms with Crippen LogP contribution in [-0.2, 0) is 23.9 Å². The van der Waals surface area contributed by atoms with Gasteiger partial charge in [-0.1, -0.05) is 0 Å². The molecule has 0 radical (unpaired) electrons. The second-order valence-corrected chi connectivity index (χ2v) is 5.73. The van der Waals surface area contributed by atoms with Crippen LogP contribution < -0.4 is 0 Å². The lowest BCUT2D eigenvalue weighted by Gasteiger charge is -2.23. The lowest BCUT2D eigenvalue weighted by molar-refractivity contribution is -0.163. The first-order chi connectivity index (χ1) is 7.58. The number of fused-ring (bicyclic) bond motifs is 1. The second-order valence-electron chi connectivity index (χ2n) is 4.31. The Bertz CT molecular complexity index is 393. The van der Waals surface area contributed by atoms with Gasteiger partial charge in [0.2, 0.25) is 5.78 Å². The highest BCUT2D eigenvalue weighted by atomic mass is 32.2. The Hall–Kier alpha value is -1.04. The first-order valence-electron chi connectivity index (χ1n) is 5.15. The van der Waals surface area contributed by atoms with E-state index in [-0.39, 0.29) is 28.5 Å². The van der Waals surface area contributed by atoms with E-state index in [4.69, 9.17) is 9.47 Å². The summed E-state index contributed by atoms with van der Waals surface area (Å²) in [4.78, 5) is 33.4. The minimum atomic E-state index is -0.836. The molecule has 0 spiro atoms. The van der Waals surface area contributed by atoms with Gasteiger partial charge in [0, 0.05) is 12.2 Å². The summed E-state index contributed by atoms with van der Waals surface area (Å²) in [5, 5.41) is 0.219. The maximum Gasteiger partial charge on any atom is 0.374 e. The van der Waals surface area contributed by atoms with E-state index in [0.29, 0.717) is 6.42 Å². The predicted octanol–water partition coefficient (Wildman–Crippen LogP) is -0.0835. The third-order valence-electron chi connectivity index (χ3n) is 3.31. The van der Waals surface area contributed by atoms with Gasteiger partial charge in [-0.25, -0.2) is 4.79 Å². The van der Waals surface area contributed by atoms with Crippen LogP contribution in [0.5, 0.6) is 0 Å². The summed E-state index contributed by atoms with van der Waals surface area (Å²) >= 11 is 1.64. The summed E-state index contributed by atoms with van der Waals surface area (Å²) in [6, 6.07) is 0. The Balaban J connectivity index is 1.77. The third-order valence-corrected chi connectivity index (χ3v) is 5.04. The van der Waals surface area contributed by atoms with Gasteiger partial charge in [-0.15, -0.1) is 11.8 Å². The van der Waals surface area contributed by atoms with Crippen LogP contribution in [0.3, 0.4) is 0 Å². The van der Waals surface area contributed by atoms with Gasteiger partial charge < -0.3 is 9.47 Å². The van der Waals surface area contributed by atoms with Crippen LogP contribution in [0.1, 0.15) is 13.3 Å². The van der Waals surface area contributed by atoms with E-state index in [2.05, 4.69) is 0 Å². The molecule has 0 N–H and O–H groups in total. The highest BCUT2D eigenvalue weighted by molar-refractivity contribution is 8.01. The van der Waals surface area contributed by atoms with Gasteiger partial charge >= 0.3 is 11.9 Å². The number of rotatable bonds is 2. The summed E-state index contributed by atoms with van der Waals surface area (Å²) in [5.74, 6) is -1.68. The minimum Gasteiger partial charge on any atom is -0.457 e. The Morgan fingerprint density at radius 3 is 2.94 bits per heavy atom. The maximum absolute atomic E-state index is 11.4. The summed E-state index contributed by atoms with van der Waals surface area (Å²) in [6.45, 7) is 1.17. The van der Waals surface area contributed by atoms with Gasteiger partial charge in [0.1, 0.15) is 0 Å². The van der Waals surface area contributed by atoms with Crippen LogP contribution in [0, 0.1) is 5.92 Å². The van der Waals surface area contributed by atoms with Gasteiger partial charge in [0.05, 0.1) is 11.2 Å². The average molecular weight is 242 g/mol. The van der Waals surface area contributed by atoms with Gasteiger partial charge in [0.15, 0.2) is 12.2 Å². The van der Waals surface area contributed by atoms with Crippen molar-refractivity contribution >= 4 is 29.5 Å². The second kappa shape index (κ2) is 3.23. The number of Topliss-reactive ketones (excluding diaryl/α,β-unsaturated/α-hetero) is 1. The molecular formula is C10H10O5S. The van der Waals surface area contributed by atoms with Crippen molar-refractivity contribution in [3.63, 3.8) is 0 Å². The molecule has 5 atom stereocenters. The van der Waals surface area contributed by atoms with Crippen LogP contribution in [0.25, 0.3) is 0 Å². The van der Waals surface area contributed by atoms with E-state index >= 15 is 0 Å². The molecule has 3 aliphatic heterocycles. The zero-order chi connectivity index (χ0) is 11.4. The smallest absolute Gasteiger partial charge is 0.374 e. The Morgan fingerprint density at radius 2 is 2.25 bits per heavy atom. The van der Waals surface area contributed by atoms with Gasteiger partial charge in [0.25, 0.3) is 0 Å². The van der Waals surface area contributed by atoms with Crippen molar-refractivity contribution in [2.75, 3.05) is 0 Å². The number of ketones is 1.